The first-order valence-corrected chi connectivity index (χ1v) is 14.4. The van der Waals surface area contributed by atoms with Crippen LogP contribution in [0.1, 0.15) is 25.1 Å². The van der Waals surface area contributed by atoms with Crippen molar-refractivity contribution in [3.05, 3.63) is 82.7 Å². The third kappa shape index (κ3) is 6.83. The normalized spacial score (nSPS) is 20.7. The highest BCUT2D eigenvalue weighted by molar-refractivity contribution is 7.52. The minimum atomic E-state index is -4.33. The van der Waals surface area contributed by atoms with Crippen LogP contribution >= 0.6 is 7.75 Å². The smallest absolute Gasteiger partial charge is 0.459 e. The molecule has 42 heavy (non-hydrogen) atoms. The molecule has 14 nitrogen and oxygen atoms in total. The molecule has 5 N–H and O–H groups in total. The molecule has 0 spiro atoms. The first-order valence-electron chi connectivity index (χ1n) is 12.8. The monoisotopic (exact) mass is 602 g/mol. The molecular formula is C26H28FN6O8P. The number of anilines is 1. The van der Waals surface area contributed by atoms with Gasteiger partial charge in [-0.25, -0.2) is 13.9 Å². The number of nitrogens with one attached hydrogen (secondary N) is 2. The molecule has 1 fully saturated rings. The predicted octanol–water partition coefficient (Wildman–Crippen LogP) is 2.41. The van der Waals surface area contributed by atoms with Crippen LogP contribution in [0.25, 0.3) is 11.2 Å². The molecule has 1 saturated heterocycles. The van der Waals surface area contributed by atoms with Crippen molar-refractivity contribution in [2.24, 2.45) is 0 Å². The Hall–Kier alpha value is -4.14. The molecule has 2 aromatic heterocycles. The van der Waals surface area contributed by atoms with Gasteiger partial charge in [-0.15, -0.1) is 0 Å². The number of ether oxygens (including phenoxy) is 2. The van der Waals surface area contributed by atoms with Crippen LogP contribution in [0, 0.1) is 5.82 Å². The second kappa shape index (κ2) is 12.4. The molecular weight excluding hydrogens is 574 g/mol. The number of nitrogens with zero attached hydrogens (tertiary/aromatic N) is 3. The third-order valence-electron chi connectivity index (χ3n) is 6.34. The van der Waals surface area contributed by atoms with Gasteiger partial charge in [-0.05, 0) is 36.8 Å². The SMILES string of the molecule is C[C@H](NP(=O)(OCC1O[C@@H](n2cnc3c(=O)[nH]c(N)nc32)C[C@H]1O)Oc1ccc(F)cc1)C(=O)OCc1ccccc1. The molecule has 1 aliphatic heterocycles. The van der Waals surface area contributed by atoms with E-state index in [2.05, 4.69) is 20.0 Å². The Morgan fingerprint density at radius 2 is 2.02 bits per heavy atom. The van der Waals surface area contributed by atoms with Crippen LogP contribution in [0.2, 0.25) is 0 Å². The van der Waals surface area contributed by atoms with Gasteiger partial charge < -0.3 is 24.8 Å². The number of rotatable bonds is 11. The molecule has 1 aliphatic rings. The lowest BCUT2D eigenvalue weighted by atomic mass is 10.2. The van der Waals surface area contributed by atoms with Crippen molar-refractivity contribution >= 4 is 30.8 Å². The third-order valence-corrected chi connectivity index (χ3v) is 7.99. The largest absolute Gasteiger partial charge is 0.460 e. The Kier molecular flexibility index (Phi) is 8.66. The van der Waals surface area contributed by atoms with Gasteiger partial charge in [0.15, 0.2) is 11.2 Å². The van der Waals surface area contributed by atoms with Gasteiger partial charge in [0, 0.05) is 6.42 Å². The number of benzene rings is 2. The summed E-state index contributed by atoms with van der Waals surface area (Å²) < 4.78 is 51.1. The van der Waals surface area contributed by atoms with Crippen LogP contribution in [0.5, 0.6) is 5.75 Å². The number of nitrogens with two attached hydrogens (primary N) is 1. The molecule has 0 aliphatic carbocycles. The average molecular weight is 603 g/mol. The second-order valence-corrected chi connectivity index (χ2v) is 11.2. The van der Waals surface area contributed by atoms with Gasteiger partial charge in [-0.1, -0.05) is 30.3 Å². The maximum absolute atomic E-state index is 13.8. The highest BCUT2D eigenvalue weighted by atomic mass is 31.2. The van der Waals surface area contributed by atoms with Crippen LogP contribution in [0.3, 0.4) is 0 Å². The molecule has 222 valence electrons. The number of hydrogen-bond acceptors (Lipinski definition) is 11. The van der Waals surface area contributed by atoms with Crippen LogP contribution < -0.4 is 20.9 Å². The van der Waals surface area contributed by atoms with E-state index in [1.807, 2.05) is 6.07 Å². The average Bonchev–Trinajstić information content (AvgIpc) is 3.55. The number of aromatic nitrogens is 4. The van der Waals surface area contributed by atoms with E-state index in [0.717, 1.165) is 17.7 Å². The summed E-state index contributed by atoms with van der Waals surface area (Å²) in [4.78, 5) is 35.3. The van der Waals surface area contributed by atoms with Crippen molar-refractivity contribution in [1.82, 2.24) is 24.6 Å². The second-order valence-electron chi connectivity index (χ2n) is 9.49. The zero-order chi connectivity index (χ0) is 29.9. The molecule has 16 heteroatoms. The molecule has 0 radical (unpaired) electrons. The van der Waals surface area contributed by atoms with E-state index in [1.165, 1.54) is 30.0 Å². The van der Waals surface area contributed by atoms with Gasteiger partial charge in [0.2, 0.25) is 5.95 Å². The Morgan fingerprint density at radius 1 is 1.29 bits per heavy atom. The van der Waals surface area contributed by atoms with Crippen LogP contribution in [0.15, 0.2) is 65.7 Å². The zero-order valence-electron chi connectivity index (χ0n) is 22.3. The number of aliphatic hydroxyl groups excluding tert-OH is 1. The summed E-state index contributed by atoms with van der Waals surface area (Å²) in [5, 5.41) is 13.2. The van der Waals surface area contributed by atoms with Gasteiger partial charge >= 0.3 is 13.7 Å². The molecule has 2 unspecified atom stereocenters. The zero-order valence-corrected chi connectivity index (χ0v) is 23.1. The summed E-state index contributed by atoms with van der Waals surface area (Å²) in [6.45, 7) is 0.977. The number of esters is 1. The summed E-state index contributed by atoms with van der Waals surface area (Å²) in [7, 11) is -4.33. The molecule has 5 atom stereocenters. The first-order chi connectivity index (χ1) is 20.1. The highest BCUT2D eigenvalue weighted by Gasteiger charge is 2.40. The number of halogens is 1. The van der Waals surface area contributed by atoms with Gasteiger partial charge in [0.25, 0.3) is 5.56 Å². The van der Waals surface area contributed by atoms with Gasteiger partial charge in [0.1, 0.15) is 36.5 Å². The first kappa shape index (κ1) is 29.4. The number of aromatic amines is 1. The molecule has 0 bridgehead atoms. The number of carbonyl (C=O) groups excluding carboxylic acids is 1. The summed E-state index contributed by atoms with van der Waals surface area (Å²) >= 11 is 0. The molecule has 0 amide bonds. The van der Waals surface area contributed by atoms with E-state index >= 15 is 0 Å². The Labute approximate surface area is 238 Å². The fourth-order valence-corrected chi connectivity index (χ4v) is 5.73. The quantitative estimate of drug-likeness (QED) is 0.145. The van der Waals surface area contributed by atoms with E-state index < -0.39 is 56.2 Å². The summed E-state index contributed by atoms with van der Waals surface area (Å²) in [5.41, 5.74) is 6.08. The number of aliphatic hydroxyl groups is 1. The molecule has 5 rings (SSSR count). The lowest BCUT2D eigenvalue weighted by Crippen LogP contribution is -2.36. The maximum atomic E-state index is 13.8. The number of nitrogen functional groups attached to an aromatic ring is 1. The molecule has 0 saturated carbocycles. The minimum Gasteiger partial charge on any atom is -0.460 e. The van der Waals surface area contributed by atoms with Crippen LogP contribution in [-0.4, -0.2) is 55.5 Å². The Morgan fingerprint density at radius 3 is 2.76 bits per heavy atom. The highest BCUT2D eigenvalue weighted by Crippen LogP contribution is 2.46. The lowest BCUT2D eigenvalue weighted by molar-refractivity contribution is -0.146. The summed E-state index contributed by atoms with van der Waals surface area (Å²) in [6, 6.07) is 12.5. The Bertz CT molecular complexity index is 1650. The van der Waals surface area contributed by atoms with Crippen molar-refractivity contribution in [2.45, 2.75) is 44.4 Å². The Balaban J connectivity index is 1.28. The fraction of sp³-hybridized carbons (Fsp3) is 0.308. The molecule has 3 heterocycles. The van der Waals surface area contributed by atoms with E-state index in [-0.39, 0.29) is 35.9 Å². The van der Waals surface area contributed by atoms with Crippen LogP contribution in [-0.2, 0) is 30.0 Å². The summed E-state index contributed by atoms with van der Waals surface area (Å²) in [6.07, 6.45) is -1.49. The van der Waals surface area contributed by atoms with Crippen LogP contribution in [0.4, 0.5) is 10.3 Å². The van der Waals surface area contributed by atoms with E-state index in [1.54, 1.807) is 24.3 Å². The van der Waals surface area contributed by atoms with Gasteiger partial charge in [0.05, 0.1) is 19.0 Å². The van der Waals surface area contributed by atoms with Crippen molar-refractivity contribution in [2.75, 3.05) is 12.3 Å². The van der Waals surface area contributed by atoms with E-state index in [0.29, 0.717) is 0 Å². The van der Waals surface area contributed by atoms with Gasteiger partial charge in [-0.3, -0.25) is 23.7 Å². The van der Waals surface area contributed by atoms with E-state index in [9.17, 15) is 23.7 Å². The van der Waals surface area contributed by atoms with E-state index in [4.69, 9.17) is 24.3 Å². The number of fused-ring (bicyclic) bond motifs is 1. The lowest BCUT2D eigenvalue weighted by Gasteiger charge is -2.24. The number of imidazole rings is 1. The summed E-state index contributed by atoms with van der Waals surface area (Å²) in [5.74, 6) is -1.38. The number of H-pyrrole nitrogens is 1. The van der Waals surface area contributed by atoms with Crippen molar-refractivity contribution in [1.29, 1.82) is 0 Å². The van der Waals surface area contributed by atoms with Gasteiger partial charge in [-0.2, -0.15) is 10.1 Å². The number of hydrogen-bond donors (Lipinski definition) is 4. The number of carbonyl (C=O) groups is 1. The molecule has 4 aromatic rings. The van der Waals surface area contributed by atoms with Crippen molar-refractivity contribution in [3.63, 3.8) is 0 Å². The maximum Gasteiger partial charge on any atom is 0.459 e. The minimum absolute atomic E-state index is 0.00150. The molecule has 2 aromatic carbocycles. The van der Waals surface area contributed by atoms with Crippen molar-refractivity contribution < 1.29 is 37.4 Å². The standard InChI is InChI=1S/C26H28FN6O8P/c1-15(25(36)38-12-16-5-3-2-4-6-16)32-42(37,41-18-9-7-17(27)8-10-18)39-13-20-19(34)11-21(40-20)33-14-29-22-23(33)30-26(28)31-24(22)35/h2-10,14-15,19-21,34H,11-13H2,1H3,(H,32,37)(H3,28,30,31,35)/t15-,19+,20?,21+,42?/m0/s1. The fourth-order valence-electron chi connectivity index (χ4n) is 4.23. The predicted molar refractivity (Wildman–Crippen MR) is 147 cm³/mol. The van der Waals surface area contributed by atoms with Crippen molar-refractivity contribution in [3.8, 4) is 5.75 Å². The topological polar surface area (TPSA) is 193 Å².